The molecule has 0 N–H and O–H groups in total. The fraction of sp³-hybridized carbons (Fsp3) is 0.273. The van der Waals surface area contributed by atoms with Crippen molar-refractivity contribution >= 4 is 11.5 Å². The maximum atomic E-state index is 4.41. The van der Waals surface area contributed by atoms with Gasteiger partial charge in [0, 0.05) is 12.4 Å². The quantitative estimate of drug-likeness (QED) is 0.750. The van der Waals surface area contributed by atoms with Gasteiger partial charge in [-0.2, -0.15) is 0 Å². The van der Waals surface area contributed by atoms with E-state index in [-0.39, 0.29) is 0 Å². The Morgan fingerprint density at radius 2 is 2.07 bits per heavy atom. The monoisotopic (exact) mass is 204 g/mol. The van der Waals surface area contributed by atoms with Gasteiger partial charge < -0.3 is 0 Å². The summed E-state index contributed by atoms with van der Waals surface area (Å²) in [5, 5.41) is 0. The summed E-state index contributed by atoms with van der Waals surface area (Å²) in [6, 6.07) is 6.13. The Labute approximate surface area is 87.8 Å². The van der Waals surface area contributed by atoms with Crippen molar-refractivity contribution in [1.29, 1.82) is 0 Å². The summed E-state index contributed by atoms with van der Waals surface area (Å²) in [5.74, 6) is 0.501. The second-order valence-electron chi connectivity index (χ2n) is 3.47. The van der Waals surface area contributed by atoms with Crippen LogP contribution in [-0.4, -0.2) is 9.36 Å². The third-order valence-electron chi connectivity index (χ3n) is 2.13. The Kier molecular flexibility index (Phi) is 2.59. The van der Waals surface area contributed by atoms with Gasteiger partial charge in [0.15, 0.2) is 0 Å². The standard InChI is InChI=1S/C11H12N2S/c1-8(2)9-4-3-6-12-11(9)10-5-7-13-14-10/h3-8H,1-2H3. The molecule has 2 aromatic heterocycles. The average Bonchev–Trinajstić information content (AvgIpc) is 2.70. The van der Waals surface area contributed by atoms with Crippen molar-refractivity contribution in [3.05, 3.63) is 36.2 Å². The molecular formula is C11H12N2S. The molecule has 0 unspecified atom stereocenters. The van der Waals surface area contributed by atoms with Crippen molar-refractivity contribution in [2.45, 2.75) is 19.8 Å². The van der Waals surface area contributed by atoms with Crippen molar-refractivity contribution in [3.8, 4) is 10.6 Å². The topological polar surface area (TPSA) is 25.8 Å². The Hall–Kier alpha value is -1.22. The fourth-order valence-corrected chi connectivity index (χ4v) is 2.04. The van der Waals surface area contributed by atoms with E-state index in [0.717, 1.165) is 10.6 Å². The molecule has 14 heavy (non-hydrogen) atoms. The summed E-state index contributed by atoms with van der Waals surface area (Å²) in [6.45, 7) is 4.36. The Balaban J connectivity index is 2.53. The van der Waals surface area contributed by atoms with Crippen LogP contribution in [0.15, 0.2) is 30.6 Å². The van der Waals surface area contributed by atoms with Gasteiger partial charge in [0.25, 0.3) is 0 Å². The third-order valence-corrected chi connectivity index (χ3v) is 2.89. The van der Waals surface area contributed by atoms with E-state index < -0.39 is 0 Å². The van der Waals surface area contributed by atoms with E-state index in [2.05, 4.69) is 29.3 Å². The summed E-state index contributed by atoms with van der Waals surface area (Å²) >= 11 is 1.50. The van der Waals surface area contributed by atoms with Crippen molar-refractivity contribution in [2.75, 3.05) is 0 Å². The second kappa shape index (κ2) is 3.88. The molecule has 2 heterocycles. The largest absolute Gasteiger partial charge is 0.255 e. The molecule has 0 fully saturated rings. The highest BCUT2D eigenvalue weighted by Crippen LogP contribution is 2.28. The maximum absolute atomic E-state index is 4.41. The van der Waals surface area contributed by atoms with Crippen LogP contribution in [0.4, 0.5) is 0 Å². The van der Waals surface area contributed by atoms with Crippen LogP contribution < -0.4 is 0 Å². The lowest BCUT2D eigenvalue weighted by molar-refractivity contribution is 0.862. The van der Waals surface area contributed by atoms with Gasteiger partial charge in [0.05, 0.1) is 10.6 Å². The Morgan fingerprint density at radius 1 is 1.21 bits per heavy atom. The Morgan fingerprint density at radius 3 is 2.71 bits per heavy atom. The van der Waals surface area contributed by atoms with E-state index >= 15 is 0 Å². The van der Waals surface area contributed by atoms with Crippen LogP contribution in [0.5, 0.6) is 0 Å². The number of aromatic nitrogens is 2. The molecule has 0 aliphatic heterocycles. The molecule has 0 radical (unpaired) electrons. The SMILES string of the molecule is CC(C)c1cccnc1-c1ccns1. The zero-order chi connectivity index (χ0) is 9.97. The molecule has 0 aromatic carbocycles. The molecule has 2 aromatic rings. The molecule has 0 saturated heterocycles. The summed E-state index contributed by atoms with van der Waals surface area (Å²) in [4.78, 5) is 5.56. The smallest absolute Gasteiger partial charge is 0.0852 e. The van der Waals surface area contributed by atoms with Gasteiger partial charge in [-0.15, -0.1) is 0 Å². The molecule has 0 spiro atoms. The summed E-state index contributed by atoms with van der Waals surface area (Å²) in [7, 11) is 0. The highest BCUT2D eigenvalue weighted by atomic mass is 32.1. The number of pyridine rings is 1. The van der Waals surface area contributed by atoms with Gasteiger partial charge in [0.2, 0.25) is 0 Å². The predicted molar refractivity (Wildman–Crippen MR) is 59.4 cm³/mol. The fourth-order valence-electron chi connectivity index (χ4n) is 1.43. The molecule has 2 nitrogen and oxygen atoms in total. The molecule has 0 aliphatic carbocycles. The van der Waals surface area contributed by atoms with E-state index in [1.165, 1.54) is 17.1 Å². The lowest BCUT2D eigenvalue weighted by Gasteiger charge is -2.08. The summed E-state index contributed by atoms with van der Waals surface area (Å²) in [5.41, 5.74) is 2.36. The molecule has 0 aliphatic rings. The molecule has 0 atom stereocenters. The van der Waals surface area contributed by atoms with Crippen LogP contribution in [0.3, 0.4) is 0 Å². The van der Waals surface area contributed by atoms with Gasteiger partial charge in [0.1, 0.15) is 0 Å². The van der Waals surface area contributed by atoms with Crippen LogP contribution >= 0.6 is 11.5 Å². The molecule has 0 bridgehead atoms. The minimum absolute atomic E-state index is 0.501. The number of nitrogens with zero attached hydrogens (tertiary/aromatic N) is 2. The first-order chi connectivity index (χ1) is 6.79. The second-order valence-corrected chi connectivity index (χ2v) is 4.31. The van der Waals surface area contributed by atoms with Crippen molar-refractivity contribution in [1.82, 2.24) is 9.36 Å². The number of hydrogen-bond acceptors (Lipinski definition) is 3. The van der Waals surface area contributed by atoms with E-state index in [0.29, 0.717) is 5.92 Å². The van der Waals surface area contributed by atoms with Crippen LogP contribution in [0.25, 0.3) is 10.6 Å². The average molecular weight is 204 g/mol. The normalized spacial score (nSPS) is 10.8. The van der Waals surface area contributed by atoms with Crippen LogP contribution in [0, 0.1) is 0 Å². The van der Waals surface area contributed by atoms with Crippen LogP contribution in [-0.2, 0) is 0 Å². The highest BCUT2D eigenvalue weighted by Gasteiger charge is 2.09. The zero-order valence-electron chi connectivity index (χ0n) is 8.27. The molecular weight excluding hydrogens is 192 g/mol. The van der Waals surface area contributed by atoms with Gasteiger partial charge in [-0.3, -0.25) is 4.98 Å². The highest BCUT2D eigenvalue weighted by molar-refractivity contribution is 7.09. The molecule has 2 rings (SSSR count). The molecule has 3 heteroatoms. The minimum atomic E-state index is 0.501. The van der Waals surface area contributed by atoms with Crippen molar-refractivity contribution in [3.63, 3.8) is 0 Å². The van der Waals surface area contributed by atoms with Crippen LogP contribution in [0.2, 0.25) is 0 Å². The first-order valence-corrected chi connectivity index (χ1v) is 5.42. The molecule has 72 valence electrons. The Bertz CT molecular complexity index is 407. The van der Waals surface area contributed by atoms with Gasteiger partial charge in [-0.1, -0.05) is 19.9 Å². The lowest BCUT2D eigenvalue weighted by atomic mass is 10.0. The van der Waals surface area contributed by atoms with E-state index in [1.54, 1.807) is 0 Å². The number of hydrogen-bond donors (Lipinski definition) is 0. The summed E-state index contributed by atoms with van der Waals surface area (Å²) < 4.78 is 4.10. The van der Waals surface area contributed by atoms with Gasteiger partial charge in [-0.05, 0) is 35.1 Å². The molecule has 0 amide bonds. The zero-order valence-corrected chi connectivity index (χ0v) is 9.08. The lowest BCUT2D eigenvalue weighted by Crippen LogP contribution is -1.93. The molecule has 0 saturated carbocycles. The van der Waals surface area contributed by atoms with Gasteiger partial charge in [-0.25, -0.2) is 4.37 Å². The van der Waals surface area contributed by atoms with E-state index in [9.17, 15) is 0 Å². The maximum Gasteiger partial charge on any atom is 0.0852 e. The van der Waals surface area contributed by atoms with E-state index in [1.807, 2.05) is 24.5 Å². The predicted octanol–water partition coefficient (Wildman–Crippen LogP) is 3.33. The third kappa shape index (κ3) is 1.68. The van der Waals surface area contributed by atoms with E-state index in [4.69, 9.17) is 0 Å². The number of rotatable bonds is 2. The van der Waals surface area contributed by atoms with Gasteiger partial charge >= 0.3 is 0 Å². The van der Waals surface area contributed by atoms with Crippen molar-refractivity contribution in [2.24, 2.45) is 0 Å². The first kappa shape index (κ1) is 9.34. The van der Waals surface area contributed by atoms with Crippen LogP contribution in [0.1, 0.15) is 25.3 Å². The minimum Gasteiger partial charge on any atom is -0.255 e. The summed E-state index contributed by atoms with van der Waals surface area (Å²) in [6.07, 6.45) is 3.65. The van der Waals surface area contributed by atoms with Crippen molar-refractivity contribution < 1.29 is 0 Å². The first-order valence-electron chi connectivity index (χ1n) is 4.65.